The van der Waals surface area contributed by atoms with Crippen molar-refractivity contribution in [3.05, 3.63) is 72.3 Å². The average molecular weight is 393 g/mol. The van der Waals surface area contributed by atoms with Gasteiger partial charge in [-0.15, -0.1) is 0 Å². The Morgan fingerprint density at radius 1 is 0.586 bits per heavy atom. The smallest absolute Gasteiger partial charge is 0.126 e. The molecule has 0 spiro atoms. The Morgan fingerprint density at radius 3 is 1.28 bits per heavy atom. The summed E-state index contributed by atoms with van der Waals surface area (Å²) in [4.78, 5) is 10.7. The Labute approximate surface area is 171 Å². The maximum atomic E-state index is 5.33. The first kappa shape index (κ1) is 19.2. The number of hydrogen-bond acceptors (Lipinski definition) is 7. The van der Waals surface area contributed by atoms with Crippen molar-refractivity contribution in [2.75, 3.05) is 43.3 Å². The van der Waals surface area contributed by atoms with E-state index in [0.717, 1.165) is 60.3 Å². The summed E-state index contributed by atoms with van der Waals surface area (Å²) in [5.74, 6) is 1.97. The van der Waals surface area contributed by atoms with Gasteiger partial charge in [0, 0.05) is 22.7 Å². The number of benzene rings is 2. The molecule has 0 saturated heterocycles. The summed E-state index contributed by atoms with van der Waals surface area (Å²) in [5.41, 5.74) is 4.12. The van der Waals surface area contributed by atoms with E-state index in [-0.39, 0.29) is 0 Å². The molecule has 4 rings (SSSR count). The van der Waals surface area contributed by atoms with Gasteiger partial charge in [-0.05, 0) is 73.5 Å². The highest BCUT2D eigenvalue weighted by atomic mass is 16.7. The second-order valence-corrected chi connectivity index (χ2v) is 6.86. The van der Waals surface area contributed by atoms with Crippen LogP contribution in [0.15, 0.2) is 72.3 Å². The third-order valence-corrected chi connectivity index (χ3v) is 4.92. The summed E-state index contributed by atoms with van der Waals surface area (Å²) in [6.45, 7) is 1.76. The van der Waals surface area contributed by atoms with Crippen molar-refractivity contribution in [2.45, 2.75) is 12.8 Å². The van der Waals surface area contributed by atoms with E-state index in [9.17, 15) is 0 Å². The lowest BCUT2D eigenvalue weighted by Gasteiger charge is -2.20. The monoisotopic (exact) mass is 393 g/mol. The Balaban J connectivity index is 1.33. The minimum absolute atomic E-state index is 0.879. The van der Waals surface area contributed by atoms with Gasteiger partial charge in [-0.25, -0.2) is 10.1 Å². The maximum absolute atomic E-state index is 5.33. The van der Waals surface area contributed by atoms with Crippen LogP contribution in [0.1, 0.15) is 12.8 Å². The van der Waals surface area contributed by atoms with Crippen LogP contribution in [0.3, 0.4) is 0 Å². The molecule has 0 radical (unpaired) electrons. The van der Waals surface area contributed by atoms with E-state index in [4.69, 9.17) is 9.68 Å². The first-order valence-electron chi connectivity index (χ1n) is 9.80. The lowest BCUT2D eigenvalue weighted by Crippen LogP contribution is -2.22. The minimum atomic E-state index is 0.879. The summed E-state index contributed by atoms with van der Waals surface area (Å²) >= 11 is 0. The Kier molecular flexibility index (Phi) is 5.88. The summed E-state index contributed by atoms with van der Waals surface area (Å²) in [7, 11) is 3.37. The van der Waals surface area contributed by atoms with Crippen LogP contribution in [0.25, 0.3) is 0 Å². The molecular weight excluding hydrogens is 366 g/mol. The van der Waals surface area contributed by atoms with Crippen LogP contribution >= 0.6 is 0 Å². The van der Waals surface area contributed by atoms with Gasteiger partial charge < -0.3 is 16.0 Å². The van der Waals surface area contributed by atoms with E-state index < -0.39 is 0 Å². The van der Waals surface area contributed by atoms with Gasteiger partial charge in [0.15, 0.2) is 0 Å². The Hall–Kier alpha value is -3.16. The van der Waals surface area contributed by atoms with Crippen molar-refractivity contribution in [3.8, 4) is 0 Å². The van der Waals surface area contributed by atoms with Crippen molar-refractivity contribution in [2.24, 2.45) is 0 Å². The molecule has 0 atom stereocenters. The summed E-state index contributed by atoms with van der Waals surface area (Å²) in [6, 6.07) is 16.4. The van der Waals surface area contributed by atoms with Gasteiger partial charge in [-0.1, -0.05) is 0 Å². The van der Waals surface area contributed by atoms with E-state index in [1.165, 1.54) is 0 Å². The average Bonchev–Trinajstić information content (AvgIpc) is 3.39. The normalized spacial score (nSPS) is 15.9. The fourth-order valence-electron chi connectivity index (χ4n) is 3.42. The van der Waals surface area contributed by atoms with Crippen LogP contribution < -0.4 is 16.0 Å². The predicted octanol–water partition coefficient (Wildman–Crippen LogP) is 4.47. The van der Waals surface area contributed by atoms with Crippen molar-refractivity contribution >= 4 is 22.7 Å². The summed E-state index contributed by atoms with van der Waals surface area (Å²) in [6.07, 6.45) is 6.25. The van der Waals surface area contributed by atoms with E-state index in [0.29, 0.717) is 0 Å². The highest BCUT2D eigenvalue weighted by Gasteiger charge is 2.15. The zero-order valence-electron chi connectivity index (χ0n) is 16.8. The second-order valence-electron chi connectivity index (χ2n) is 6.86. The van der Waals surface area contributed by atoms with Gasteiger partial charge >= 0.3 is 0 Å². The molecular formula is C22H27N5O2. The molecule has 0 fully saturated rings. The van der Waals surface area contributed by atoms with E-state index >= 15 is 0 Å². The summed E-state index contributed by atoms with van der Waals surface area (Å²) in [5, 5.41) is 13.9. The van der Waals surface area contributed by atoms with E-state index in [1.807, 2.05) is 10.1 Å². The van der Waals surface area contributed by atoms with E-state index in [1.54, 1.807) is 14.2 Å². The largest absolute Gasteiger partial charge is 0.356 e. The number of nitrogens with one attached hydrogen (secondary N) is 3. The third kappa shape index (κ3) is 4.64. The molecule has 2 aliphatic rings. The molecule has 152 valence electrons. The fraction of sp³-hybridized carbons (Fsp3) is 0.273. The van der Waals surface area contributed by atoms with E-state index in [2.05, 4.69) is 76.6 Å². The fourth-order valence-corrected chi connectivity index (χ4v) is 3.42. The molecule has 2 aliphatic heterocycles. The van der Waals surface area contributed by atoms with Crippen LogP contribution in [-0.4, -0.2) is 37.4 Å². The van der Waals surface area contributed by atoms with Crippen molar-refractivity contribution in [1.29, 1.82) is 0 Å². The Bertz CT molecular complexity index is 804. The van der Waals surface area contributed by atoms with Gasteiger partial charge in [0.25, 0.3) is 0 Å². The van der Waals surface area contributed by atoms with Gasteiger partial charge in [0.2, 0.25) is 0 Å². The molecule has 0 amide bonds. The molecule has 2 heterocycles. The van der Waals surface area contributed by atoms with Gasteiger partial charge in [-0.2, -0.15) is 0 Å². The standard InChI is InChI=1S/C22H27N5O2/c1-28-26-15-3-5-21(26)24-19-11-7-17(8-12-19)23-18-9-13-20(14-10-18)25-22-6-4-16-27(22)29-2/h5-14,23-25H,3-4,15-16H2,1-2H3. The minimum Gasteiger partial charge on any atom is -0.356 e. The topological polar surface area (TPSA) is 61.0 Å². The first-order chi connectivity index (χ1) is 14.2. The van der Waals surface area contributed by atoms with Gasteiger partial charge in [0.1, 0.15) is 11.6 Å². The van der Waals surface area contributed by atoms with Crippen LogP contribution in [0, 0.1) is 0 Å². The molecule has 0 saturated carbocycles. The van der Waals surface area contributed by atoms with Gasteiger partial charge in [0.05, 0.1) is 27.3 Å². The van der Waals surface area contributed by atoms with Crippen molar-refractivity contribution in [3.63, 3.8) is 0 Å². The third-order valence-electron chi connectivity index (χ3n) is 4.92. The zero-order chi connectivity index (χ0) is 20.1. The number of anilines is 4. The molecule has 2 aromatic carbocycles. The van der Waals surface area contributed by atoms with Crippen LogP contribution in [-0.2, 0) is 9.68 Å². The molecule has 0 aromatic heterocycles. The predicted molar refractivity (Wildman–Crippen MR) is 116 cm³/mol. The SMILES string of the molecule is CON1CCC=C1Nc1ccc(Nc2ccc(NC3=CCCN3OC)cc2)cc1. The quantitative estimate of drug-likeness (QED) is 0.612. The second kappa shape index (κ2) is 8.89. The molecule has 7 heteroatoms. The van der Waals surface area contributed by atoms with Crippen molar-refractivity contribution < 1.29 is 9.68 Å². The first-order valence-corrected chi connectivity index (χ1v) is 9.80. The van der Waals surface area contributed by atoms with Crippen LogP contribution in [0.2, 0.25) is 0 Å². The molecule has 2 aromatic rings. The summed E-state index contributed by atoms with van der Waals surface area (Å²) < 4.78 is 0. The number of hydrogen-bond donors (Lipinski definition) is 3. The van der Waals surface area contributed by atoms with Crippen LogP contribution in [0.4, 0.5) is 22.7 Å². The lowest BCUT2D eigenvalue weighted by atomic mass is 10.2. The highest BCUT2D eigenvalue weighted by Crippen LogP contribution is 2.24. The lowest BCUT2D eigenvalue weighted by molar-refractivity contribution is -0.0898. The molecule has 3 N–H and O–H groups in total. The Morgan fingerprint density at radius 2 is 0.931 bits per heavy atom. The molecule has 0 bridgehead atoms. The molecule has 29 heavy (non-hydrogen) atoms. The van der Waals surface area contributed by atoms with Crippen LogP contribution in [0.5, 0.6) is 0 Å². The molecule has 0 unspecified atom stereocenters. The zero-order valence-corrected chi connectivity index (χ0v) is 16.8. The molecule has 0 aliphatic carbocycles. The number of nitrogens with zero attached hydrogens (tertiary/aromatic N) is 2. The number of rotatable bonds is 8. The highest BCUT2D eigenvalue weighted by molar-refractivity contribution is 5.65. The number of hydroxylamine groups is 4. The van der Waals surface area contributed by atoms with Gasteiger partial charge in [-0.3, -0.25) is 9.68 Å². The maximum Gasteiger partial charge on any atom is 0.126 e. The van der Waals surface area contributed by atoms with Crippen molar-refractivity contribution in [1.82, 2.24) is 10.1 Å². The molecule has 7 nitrogen and oxygen atoms in total.